The van der Waals surface area contributed by atoms with Crippen LogP contribution in [0.3, 0.4) is 0 Å². The molecule has 14 heavy (non-hydrogen) atoms. The van der Waals surface area contributed by atoms with Gasteiger partial charge in [-0.15, -0.1) is 0 Å². The van der Waals surface area contributed by atoms with Gasteiger partial charge in [-0.2, -0.15) is 0 Å². The molecule has 0 amide bonds. The molecule has 2 nitrogen and oxygen atoms in total. The summed E-state index contributed by atoms with van der Waals surface area (Å²) in [7, 11) is 0. The van der Waals surface area contributed by atoms with E-state index in [-0.39, 0.29) is 0 Å². The number of hydrogen-bond acceptors (Lipinski definition) is 3. The highest BCUT2D eigenvalue weighted by molar-refractivity contribution is 7.71. The van der Waals surface area contributed by atoms with E-state index in [4.69, 9.17) is 12.2 Å². The molecule has 0 unspecified atom stereocenters. The number of fused-ring (bicyclic) bond motifs is 1. The molecule has 0 saturated heterocycles. The van der Waals surface area contributed by atoms with E-state index in [1.165, 1.54) is 12.8 Å². The van der Waals surface area contributed by atoms with Gasteiger partial charge in [-0.05, 0) is 30.1 Å². The molecule has 0 bridgehead atoms. The summed E-state index contributed by atoms with van der Waals surface area (Å²) < 4.78 is 3.10. The van der Waals surface area contributed by atoms with Crippen LogP contribution in [0.4, 0.5) is 0 Å². The van der Waals surface area contributed by atoms with Crippen molar-refractivity contribution < 1.29 is 0 Å². The van der Waals surface area contributed by atoms with Crippen molar-refractivity contribution in [1.82, 2.24) is 8.94 Å². The molecule has 2 rings (SSSR count). The van der Waals surface area contributed by atoms with Gasteiger partial charge >= 0.3 is 0 Å². The summed E-state index contributed by atoms with van der Waals surface area (Å²) in [6.07, 6.45) is 4.20. The van der Waals surface area contributed by atoms with Crippen molar-refractivity contribution in [2.24, 2.45) is 0 Å². The van der Waals surface area contributed by atoms with Gasteiger partial charge in [0.2, 0.25) is 0 Å². The van der Waals surface area contributed by atoms with Gasteiger partial charge in [-0.3, -0.25) is 3.96 Å². The predicted molar refractivity (Wildman–Crippen MR) is 63.4 cm³/mol. The van der Waals surface area contributed by atoms with Gasteiger partial charge in [0, 0.05) is 18.1 Å². The second-order valence-electron chi connectivity index (χ2n) is 3.21. The molecule has 0 N–H and O–H groups in total. The molecule has 74 valence electrons. The van der Waals surface area contributed by atoms with Crippen LogP contribution in [0, 0.1) is 4.64 Å². The van der Waals surface area contributed by atoms with Crippen LogP contribution in [0.5, 0.6) is 0 Å². The van der Waals surface area contributed by atoms with Gasteiger partial charge in [-0.25, -0.2) is 4.98 Å². The molecule has 0 atom stereocenters. The van der Waals surface area contributed by atoms with E-state index in [1.54, 1.807) is 11.5 Å². The number of unbranched alkanes of at least 4 members (excludes halogenated alkanes) is 1. The summed E-state index contributed by atoms with van der Waals surface area (Å²) in [5.41, 5.74) is 0. The van der Waals surface area contributed by atoms with Crippen molar-refractivity contribution in [3.8, 4) is 0 Å². The molecule has 0 aromatic carbocycles. The first-order valence-corrected chi connectivity index (χ1v) is 5.96. The average Bonchev–Trinajstić information content (AvgIpc) is 2.54. The summed E-state index contributed by atoms with van der Waals surface area (Å²) in [6.45, 7) is 3.21. The van der Waals surface area contributed by atoms with Crippen LogP contribution in [0.2, 0.25) is 0 Å². The Bertz CT molecular complexity index is 484. The fraction of sp³-hybridized carbons (Fsp3) is 0.400. The van der Waals surface area contributed by atoms with Crippen LogP contribution in [0.1, 0.15) is 19.8 Å². The summed E-state index contributed by atoms with van der Waals surface area (Å²) in [6, 6.07) is 3.98. The molecule has 2 aromatic heterocycles. The minimum atomic E-state index is 0.937. The monoisotopic (exact) mass is 224 g/mol. The van der Waals surface area contributed by atoms with Crippen LogP contribution < -0.4 is 0 Å². The third-order valence-electron chi connectivity index (χ3n) is 2.14. The number of aryl methyl sites for hydroxylation is 1. The smallest absolute Gasteiger partial charge is 0.142 e. The maximum Gasteiger partial charge on any atom is 0.142 e. The van der Waals surface area contributed by atoms with E-state index >= 15 is 0 Å². The van der Waals surface area contributed by atoms with Crippen molar-refractivity contribution in [3.05, 3.63) is 23.0 Å². The molecule has 2 heterocycles. The first-order chi connectivity index (χ1) is 6.83. The van der Waals surface area contributed by atoms with Crippen molar-refractivity contribution in [2.75, 3.05) is 0 Å². The normalized spacial score (nSPS) is 10.9. The number of rotatable bonds is 3. The van der Waals surface area contributed by atoms with E-state index in [1.807, 2.05) is 18.3 Å². The van der Waals surface area contributed by atoms with E-state index in [0.29, 0.717) is 0 Å². The Morgan fingerprint density at radius 1 is 1.57 bits per heavy atom. The molecule has 0 spiro atoms. The van der Waals surface area contributed by atoms with Gasteiger partial charge in [0.25, 0.3) is 0 Å². The SMILES string of the molecule is CCCCn1sc2ncccc2c1=S. The zero-order valence-corrected chi connectivity index (χ0v) is 9.70. The molecule has 0 fully saturated rings. The van der Waals surface area contributed by atoms with Crippen molar-refractivity contribution in [2.45, 2.75) is 26.3 Å². The minimum Gasteiger partial charge on any atom is -0.286 e. The molecule has 0 aliphatic rings. The number of nitrogens with zero attached hydrogens (tertiary/aromatic N) is 2. The minimum absolute atomic E-state index is 0.937. The Balaban J connectivity index is 2.47. The Hall–Kier alpha value is -0.740. The van der Waals surface area contributed by atoms with Crippen molar-refractivity contribution >= 4 is 34.0 Å². The average molecular weight is 224 g/mol. The second-order valence-corrected chi connectivity index (χ2v) is 4.60. The van der Waals surface area contributed by atoms with Crippen LogP contribution in [-0.2, 0) is 6.54 Å². The van der Waals surface area contributed by atoms with Gasteiger partial charge in [-0.1, -0.05) is 25.6 Å². The van der Waals surface area contributed by atoms with Gasteiger partial charge in [0.15, 0.2) is 0 Å². The highest BCUT2D eigenvalue weighted by Crippen LogP contribution is 2.20. The first-order valence-electron chi connectivity index (χ1n) is 4.77. The van der Waals surface area contributed by atoms with Crippen LogP contribution >= 0.6 is 23.8 Å². The maximum atomic E-state index is 5.37. The third kappa shape index (κ3) is 1.72. The lowest BCUT2D eigenvalue weighted by molar-refractivity contribution is 0.667. The summed E-state index contributed by atoms with van der Waals surface area (Å²) >= 11 is 7.04. The molecule has 0 aliphatic carbocycles. The van der Waals surface area contributed by atoms with Crippen molar-refractivity contribution in [3.63, 3.8) is 0 Å². The van der Waals surface area contributed by atoms with E-state index < -0.39 is 0 Å². The lowest BCUT2D eigenvalue weighted by Gasteiger charge is -1.97. The highest BCUT2D eigenvalue weighted by Gasteiger charge is 2.03. The summed E-state index contributed by atoms with van der Waals surface area (Å²) in [5.74, 6) is 0. The standard InChI is InChI=1S/C10H12N2S2/c1-2-3-7-12-10(13)8-5-4-6-11-9(8)14-12/h4-6H,2-3,7H2,1H3. The largest absolute Gasteiger partial charge is 0.286 e. The van der Waals surface area contributed by atoms with Crippen LogP contribution in [-0.4, -0.2) is 8.94 Å². The number of pyridine rings is 1. The Kier molecular flexibility index (Phi) is 2.93. The Morgan fingerprint density at radius 3 is 3.14 bits per heavy atom. The molecule has 2 aromatic rings. The number of aromatic nitrogens is 2. The number of hydrogen-bond donors (Lipinski definition) is 0. The quantitative estimate of drug-likeness (QED) is 0.741. The first kappa shape index (κ1) is 9.80. The van der Waals surface area contributed by atoms with Gasteiger partial charge in [0.1, 0.15) is 9.47 Å². The lowest BCUT2D eigenvalue weighted by Crippen LogP contribution is -1.91. The molecule has 0 radical (unpaired) electrons. The van der Waals surface area contributed by atoms with Gasteiger partial charge in [0.05, 0.1) is 0 Å². The van der Waals surface area contributed by atoms with E-state index in [0.717, 1.165) is 21.4 Å². The second kappa shape index (κ2) is 4.19. The zero-order valence-electron chi connectivity index (χ0n) is 8.06. The zero-order chi connectivity index (χ0) is 9.97. The third-order valence-corrected chi connectivity index (χ3v) is 3.78. The van der Waals surface area contributed by atoms with Crippen LogP contribution in [0.15, 0.2) is 18.3 Å². The molecular formula is C10H12N2S2. The summed E-state index contributed by atoms with van der Waals surface area (Å²) in [4.78, 5) is 5.35. The Morgan fingerprint density at radius 2 is 2.43 bits per heavy atom. The highest BCUT2D eigenvalue weighted by atomic mass is 32.1. The van der Waals surface area contributed by atoms with E-state index in [2.05, 4.69) is 15.9 Å². The fourth-order valence-corrected chi connectivity index (χ4v) is 2.77. The topological polar surface area (TPSA) is 17.8 Å². The fourth-order valence-electron chi connectivity index (χ4n) is 1.36. The van der Waals surface area contributed by atoms with Gasteiger partial charge < -0.3 is 0 Å². The molecule has 4 heteroatoms. The molecule has 0 saturated carbocycles. The van der Waals surface area contributed by atoms with E-state index in [9.17, 15) is 0 Å². The Labute approximate surface area is 92.4 Å². The summed E-state index contributed by atoms with van der Waals surface area (Å²) in [5, 5.41) is 1.11. The lowest BCUT2D eigenvalue weighted by atomic mass is 10.3. The maximum absolute atomic E-state index is 5.37. The van der Waals surface area contributed by atoms with Crippen LogP contribution in [0.25, 0.3) is 10.2 Å². The molecule has 0 aliphatic heterocycles. The van der Waals surface area contributed by atoms with Crippen molar-refractivity contribution in [1.29, 1.82) is 0 Å². The molecular weight excluding hydrogens is 212 g/mol. The predicted octanol–water partition coefficient (Wildman–Crippen LogP) is 3.63.